The third-order valence-corrected chi connectivity index (χ3v) is 4.40. The molecule has 2 N–H and O–H groups in total. The van der Waals surface area contributed by atoms with Crippen molar-refractivity contribution in [1.29, 1.82) is 0 Å². The van der Waals surface area contributed by atoms with E-state index in [9.17, 15) is 9.90 Å². The number of rotatable bonds is 4. The maximum Gasteiger partial charge on any atom is 0.236 e. The van der Waals surface area contributed by atoms with Gasteiger partial charge in [0.25, 0.3) is 0 Å². The number of amides is 1. The summed E-state index contributed by atoms with van der Waals surface area (Å²) in [6.45, 7) is 0.330. The molecular weight excluding hydrogens is 276 g/mol. The van der Waals surface area contributed by atoms with E-state index in [0.29, 0.717) is 24.6 Å². The van der Waals surface area contributed by atoms with Crippen molar-refractivity contribution >= 4 is 17.2 Å². The number of thiophene rings is 1. The Labute approximate surface area is 120 Å². The molecule has 0 bridgehead atoms. The maximum absolute atomic E-state index is 11.9. The first-order chi connectivity index (χ1) is 9.74. The number of carbonyl (C=O) groups is 1. The molecule has 106 valence electrons. The van der Waals surface area contributed by atoms with Crippen LogP contribution in [0.15, 0.2) is 28.2 Å². The van der Waals surface area contributed by atoms with Gasteiger partial charge in [-0.2, -0.15) is 0 Å². The van der Waals surface area contributed by atoms with Crippen LogP contribution in [0.25, 0.3) is 10.8 Å². The van der Waals surface area contributed by atoms with E-state index in [1.807, 2.05) is 17.5 Å². The van der Waals surface area contributed by atoms with Gasteiger partial charge in [-0.05, 0) is 30.7 Å². The Morgan fingerprint density at radius 1 is 1.55 bits per heavy atom. The molecule has 2 heterocycles. The van der Waals surface area contributed by atoms with Crippen LogP contribution < -0.4 is 5.32 Å². The number of carbonyl (C=O) groups excluding carboxylic acids is 1. The minimum atomic E-state index is -0.506. The number of oxazole rings is 1. The molecule has 1 saturated carbocycles. The van der Waals surface area contributed by atoms with E-state index in [-0.39, 0.29) is 11.8 Å². The van der Waals surface area contributed by atoms with E-state index in [2.05, 4.69) is 10.3 Å². The largest absolute Gasteiger partial charge is 0.443 e. The molecule has 1 aliphatic rings. The quantitative estimate of drug-likeness (QED) is 0.905. The third-order valence-electron chi connectivity index (χ3n) is 3.54. The molecule has 0 aliphatic heterocycles. The van der Waals surface area contributed by atoms with Gasteiger partial charge in [-0.1, -0.05) is 6.07 Å². The lowest BCUT2D eigenvalue weighted by Crippen LogP contribution is -2.34. The fourth-order valence-corrected chi connectivity index (χ4v) is 3.11. The van der Waals surface area contributed by atoms with E-state index in [1.54, 1.807) is 17.6 Å². The van der Waals surface area contributed by atoms with E-state index in [1.165, 1.54) is 0 Å². The van der Waals surface area contributed by atoms with Crippen molar-refractivity contribution in [2.45, 2.75) is 31.9 Å². The Hall–Kier alpha value is -1.66. The van der Waals surface area contributed by atoms with Crippen molar-refractivity contribution in [1.82, 2.24) is 10.3 Å². The first-order valence-electron chi connectivity index (χ1n) is 6.68. The van der Waals surface area contributed by atoms with Crippen LogP contribution in [0.3, 0.4) is 0 Å². The first-order valence-corrected chi connectivity index (χ1v) is 7.56. The summed E-state index contributed by atoms with van der Waals surface area (Å²) in [5, 5.41) is 14.5. The van der Waals surface area contributed by atoms with Crippen LogP contribution in [-0.4, -0.2) is 22.1 Å². The molecule has 3 rings (SSSR count). The zero-order valence-corrected chi connectivity index (χ0v) is 11.7. The second kappa shape index (κ2) is 5.76. The Morgan fingerprint density at radius 3 is 3.15 bits per heavy atom. The molecule has 20 heavy (non-hydrogen) atoms. The lowest BCUT2D eigenvalue weighted by Gasteiger charge is -2.13. The average molecular weight is 292 g/mol. The number of hydrogen-bond donors (Lipinski definition) is 2. The minimum Gasteiger partial charge on any atom is -0.443 e. The van der Waals surface area contributed by atoms with E-state index in [0.717, 1.165) is 17.7 Å². The van der Waals surface area contributed by atoms with Crippen LogP contribution >= 0.6 is 11.3 Å². The van der Waals surface area contributed by atoms with Crippen molar-refractivity contribution in [3.63, 3.8) is 0 Å². The van der Waals surface area contributed by atoms with Gasteiger partial charge in [0.05, 0.1) is 29.1 Å². The highest BCUT2D eigenvalue weighted by molar-refractivity contribution is 7.13. The van der Waals surface area contributed by atoms with E-state index in [4.69, 9.17) is 4.42 Å². The lowest BCUT2D eigenvalue weighted by atomic mass is 10.1. The second-order valence-corrected chi connectivity index (χ2v) is 5.89. The van der Waals surface area contributed by atoms with Crippen LogP contribution in [0.2, 0.25) is 0 Å². The molecule has 6 heteroatoms. The van der Waals surface area contributed by atoms with Gasteiger partial charge in [-0.3, -0.25) is 4.79 Å². The van der Waals surface area contributed by atoms with Crippen molar-refractivity contribution < 1.29 is 14.3 Å². The molecule has 2 unspecified atom stereocenters. The lowest BCUT2D eigenvalue weighted by molar-refractivity contribution is -0.127. The summed E-state index contributed by atoms with van der Waals surface area (Å²) in [4.78, 5) is 17.2. The monoisotopic (exact) mass is 292 g/mol. The summed E-state index contributed by atoms with van der Waals surface area (Å²) in [5.74, 6) is 0.194. The normalized spacial score (nSPS) is 22.1. The van der Waals surface area contributed by atoms with Crippen LogP contribution in [-0.2, 0) is 11.3 Å². The smallest absolute Gasteiger partial charge is 0.236 e. The van der Waals surface area contributed by atoms with Crippen molar-refractivity contribution in [3.05, 3.63) is 29.5 Å². The summed E-state index contributed by atoms with van der Waals surface area (Å²) in [6.07, 6.45) is 3.43. The molecule has 2 aromatic rings. The van der Waals surface area contributed by atoms with E-state index >= 15 is 0 Å². The van der Waals surface area contributed by atoms with Gasteiger partial charge in [0.2, 0.25) is 11.8 Å². The molecule has 0 radical (unpaired) electrons. The molecule has 1 aliphatic carbocycles. The topological polar surface area (TPSA) is 75.4 Å². The van der Waals surface area contributed by atoms with Crippen LogP contribution in [0.5, 0.6) is 0 Å². The minimum absolute atomic E-state index is 0.101. The zero-order valence-electron chi connectivity index (χ0n) is 10.9. The van der Waals surface area contributed by atoms with Gasteiger partial charge < -0.3 is 14.8 Å². The third kappa shape index (κ3) is 2.76. The Kier molecular flexibility index (Phi) is 3.84. The first kappa shape index (κ1) is 13.3. The number of aliphatic hydroxyl groups excluding tert-OH is 1. The molecule has 0 aromatic carbocycles. The van der Waals surface area contributed by atoms with Crippen molar-refractivity contribution in [3.8, 4) is 10.8 Å². The summed E-state index contributed by atoms with van der Waals surface area (Å²) in [7, 11) is 0. The fourth-order valence-electron chi connectivity index (χ4n) is 2.46. The summed E-state index contributed by atoms with van der Waals surface area (Å²) in [5.41, 5.74) is 0.689. The zero-order chi connectivity index (χ0) is 13.9. The molecule has 2 aromatic heterocycles. The summed E-state index contributed by atoms with van der Waals surface area (Å²) < 4.78 is 5.39. The van der Waals surface area contributed by atoms with Crippen molar-refractivity contribution in [2.75, 3.05) is 0 Å². The molecule has 0 saturated heterocycles. The van der Waals surface area contributed by atoms with Gasteiger partial charge in [-0.15, -0.1) is 11.3 Å². The highest BCUT2D eigenvalue weighted by Gasteiger charge is 2.31. The maximum atomic E-state index is 11.9. The Balaban J connectivity index is 1.57. The number of hydrogen-bond acceptors (Lipinski definition) is 5. The van der Waals surface area contributed by atoms with Gasteiger partial charge in [0, 0.05) is 0 Å². The highest BCUT2D eigenvalue weighted by atomic mass is 32.1. The van der Waals surface area contributed by atoms with Crippen LogP contribution in [0.4, 0.5) is 0 Å². The second-order valence-electron chi connectivity index (χ2n) is 4.94. The molecule has 1 amide bonds. The molecular formula is C14H16N2O3S. The van der Waals surface area contributed by atoms with Gasteiger partial charge in [0.1, 0.15) is 6.26 Å². The molecule has 2 atom stereocenters. The van der Waals surface area contributed by atoms with Crippen molar-refractivity contribution in [2.24, 2.45) is 5.92 Å². The summed E-state index contributed by atoms with van der Waals surface area (Å²) in [6, 6.07) is 3.88. The fraction of sp³-hybridized carbons (Fsp3) is 0.429. The van der Waals surface area contributed by atoms with Gasteiger partial charge in [-0.25, -0.2) is 4.98 Å². The SMILES string of the molecule is O=C(NCc1coc(-c2cccs2)n1)C1CCCC1O. The standard InChI is InChI=1S/C14H16N2O3S/c17-11-4-1-3-10(11)13(18)15-7-9-8-19-14(16-9)12-5-2-6-20-12/h2,5-6,8,10-11,17H,1,3-4,7H2,(H,15,18). The Morgan fingerprint density at radius 2 is 2.45 bits per heavy atom. The number of aromatic nitrogens is 1. The number of aliphatic hydroxyl groups is 1. The van der Waals surface area contributed by atoms with Gasteiger partial charge in [0.15, 0.2) is 0 Å². The average Bonchev–Trinajstić information content (AvgIpc) is 3.16. The van der Waals surface area contributed by atoms with Crippen LogP contribution in [0, 0.1) is 5.92 Å². The predicted molar refractivity (Wildman–Crippen MR) is 75.0 cm³/mol. The highest BCUT2D eigenvalue weighted by Crippen LogP contribution is 2.26. The molecule has 0 spiro atoms. The van der Waals surface area contributed by atoms with Gasteiger partial charge >= 0.3 is 0 Å². The molecule has 1 fully saturated rings. The van der Waals surface area contributed by atoms with E-state index < -0.39 is 6.10 Å². The Bertz CT molecular complexity index is 579. The number of nitrogens with zero attached hydrogens (tertiary/aromatic N) is 1. The summed E-state index contributed by atoms with van der Waals surface area (Å²) >= 11 is 1.56. The van der Waals surface area contributed by atoms with Crippen LogP contribution in [0.1, 0.15) is 25.0 Å². The predicted octanol–water partition coefficient (Wildman–Crippen LogP) is 2.18. The number of nitrogens with one attached hydrogen (secondary N) is 1. The molecule has 5 nitrogen and oxygen atoms in total.